The van der Waals surface area contributed by atoms with E-state index < -0.39 is 29.1 Å². The Morgan fingerprint density at radius 2 is 1.74 bits per heavy atom. The van der Waals surface area contributed by atoms with Crippen LogP contribution in [0.3, 0.4) is 0 Å². The van der Waals surface area contributed by atoms with Crippen molar-refractivity contribution in [3.05, 3.63) is 80.2 Å². The van der Waals surface area contributed by atoms with Gasteiger partial charge in [-0.2, -0.15) is 0 Å². The molecule has 0 bridgehead atoms. The normalized spacial score (nSPS) is 14.6. The molecule has 31 heavy (non-hydrogen) atoms. The third kappa shape index (κ3) is 3.74. The number of piperidine rings is 1. The molecule has 1 N–H and O–H groups in total. The van der Waals surface area contributed by atoms with Crippen LogP contribution in [0.25, 0.3) is 10.9 Å². The Morgan fingerprint density at radius 1 is 1.06 bits per heavy atom. The van der Waals surface area contributed by atoms with E-state index in [0.717, 1.165) is 10.6 Å². The van der Waals surface area contributed by atoms with Crippen LogP contribution in [0.2, 0.25) is 0 Å². The number of aromatic amines is 1. The summed E-state index contributed by atoms with van der Waals surface area (Å²) < 4.78 is 19.4. The number of rotatable bonds is 3. The summed E-state index contributed by atoms with van der Waals surface area (Å²) in [6.07, 6.45) is 0.742. The number of methoxy groups -OCH3 is 1. The molecule has 160 valence electrons. The van der Waals surface area contributed by atoms with Crippen molar-refractivity contribution in [2.45, 2.75) is 18.9 Å². The smallest absolute Gasteiger partial charge is 0.338 e. The van der Waals surface area contributed by atoms with E-state index in [1.54, 1.807) is 23.1 Å². The summed E-state index contributed by atoms with van der Waals surface area (Å²) in [6, 6.07) is 9.62. The minimum Gasteiger partial charge on any atom is -0.465 e. The number of nitrogens with zero attached hydrogens (tertiary/aromatic N) is 2. The lowest BCUT2D eigenvalue weighted by Gasteiger charge is -2.32. The highest BCUT2D eigenvalue weighted by atomic mass is 19.1. The lowest BCUT2D eigenvalue weighted by atomic mass is 10.0. The molecule has 0 unspecified atom stereocenters. The van der Waals surface area contributed by atoms with Crippen molar-refractivity contribution in [3.8, 4) is 0 Å². The van der Waals surface area contributed by atoms with E-state index in [-0.39, 0.29) is 27.9 Å². The largest absolute Gasteiger partial charge is 0.465 e. The molecule has 1 aliphatic heterocycles. The Kier molecular flexibility index (Phi) is 5.41. The van der Waals surface area contributed by atoms with Gasteiger partial charge in [-0.1, -0.05) is 12.1 Å². The van der Waals surface area contributed by atoms with Crippen molar-refractivity contribution >= 4 is 22.8 Å². The summed E-state index contributed by atoms with van der Waals surface area (Å²) in [7, 11) is 1.25. The maximum absolute atomic E-state index is 13.6. The molecule has 0 saturated carbocycles. The van der Waals surface area contributed by atoms with Gasteiger partial charge in [-0.15, -0.1) is 0 Å². The van der Waals surface area contributed by atoms with Gasteiger partial charge in [0, 0.05) is 19.1 Å². The molecule has 3 aromatic rings. The van der Waals surface area contributed by atoms with Gasteiger partial charge in [-0.3, -0.25) is 14.2 Å². The molecule has 1 aromatic heterocycles. The van der Waals surface area contributed by atoms with Gasteiger partial charge in [0.05, 0.1) is 29.1 Å². The number of aromatic nitrogens is 2. The van der Waals surface area contributed by atoms with Crippen molar-refractivity contribution in [2.24, 2.45) is 0 Å². The summed E-state index contributed by atoms with van der Waals surface area (Å²) in [6.45, 7) is 0.595. The van der Waals surface area contributed by atoms with Gasteiger partial charge in [0.2, 0.25) is 0 Å². The van der Waals surface area contributed by atoms with E-state index >= 15 is 0 Å². The van der Waals surface area contributed by atoms with Crippen LogP contribution >= 0.6 is 0 Å². The van der Waals surface area contributed by atoms with E-state index in [0.29, 0.717) is 25.9 Å². The molecule has 0 spiro atoms. The minimum atomic E-state index is -0.597. The Morgan fingerprint density at radius 3 is 2.42 bits per heavy atom. The molecule has 4 rings (SSSR count). The predicted molar refractivity (Wildman–Crippen MR) is 111 cm³/mol. The van der Waals surface area contributed by atoms with Crippen LogP contribution in [0.1, 0.15) is 39.6 Å². The van der Waals surface area contributed by atoms with E-state index in [1.807, 2.05) is 0 Å². The fourth-order valence-electron chi connectivity index (χ4n) is 3.99. The number of hydrogen-bond donors (Lipinski definition) is 1. The number of amides is 1. The first kappa shape index (κ1) is 20.5. The number of H-pyrrole nitrogens is 1. The Bertz CT molecular complexity index is 1290. The van der Waals surface area contributed by atoms with Gasteiger partial charge in [0.15, 0.2) is 0 Å². The molecule has 8 nitrogen and oxygen atoms in total. The number of esters is 1. The van der Waals surface area contributed by atoms with Crippen LogP contribution in [-0.2, 0) is 4.74 Å². The van der Waals surface area contributed by atoms with Crippen LogP contribution in [0.15, 0.2) is 52.1 Å². The Labute approximate surface area is 175 Å². The molecule has 2 aromatic carbocycles. The zero-order valence-corrected chi connectivity index (χ0v) is 16.8. The van der Waals surface area contributed by atoms with E-state index in [1.165, 1.54) is 25.3 Å². The second-order valence-electron chi connectivity index (χ2n) is 7.36. The monoisotopic (exact) mass is 425 g/mol. The lowest BCUT2D eigenvalue weighted by Crippen LogP contribution is -2.45. The number of fused-ring (bicyclic) bond motifs is 1. The zero-order valence-electron chi connectivity index (χ0n) is 16.8. The van der Waals surface area contributed by atoms with Crippen LogP contribution in [0, 0.1) is 5.82 Å². The standard InChI is InChI=1S/C22H20FN3O5/c1-31-21(29)16-5-3-2-4-15(16)19(27)25-10-8-14(9-11-25)26-20(28)17-12-13(23)6-7-18(17)24-22(26)30/h2-7,12,14H,8-11H2,1H3,(H,24,30). The average Bonchev–Trinajstić information content (AvgIpc) is 2.79. The van der Waals surface area contributed by atoms with Gasteiger partial charge in [0.1, 0.15) is 5.82 Å². The number of carbonyl (C=O) groups excluding carboxylic acids is 2. The summed E-state index contributed by atoms with van der Waals surface area (Å²) in [4.78, 5) is 54.5. The lowest BCUT2D eigenvalue weighted by molar-refractivity contribution is 0.0584. The number of hydrogen-bond acceptors (Lipinski definition) is 5. The molecular formula is C22H20FN3O5. The quantitative estimate of drug-likeness (QED) is 0.648. The van der Waals surface area contributed by atoms with Crippen molar-refractivity contribution in [1.29, 1.82) is 0 Å². The second-order valence-corrected chi connectivity index (χ2v) is 7.36. The molecule has 0 radical (unpaired) electrons. The number of likely N-dealkylation sites (tertiary alicyclic amines) is 1. The Balaban J connectivity index is 1.58. The number of nitrogens with one attached hydrogen (secondary N) is 1. The highest BCUT2D eigenvalue weighted by molar-refractivity contribution is 6.05. The van der Waals surface area contributed by atoms with Crippen molar-refractivity contribution in [1.82, 2.24) is 14.5 Å². The molecule has 0 aliphatic carbocycles. The van der Waals surface area contributed by atoms with Gasteiger partial charge in [-0.25, -0.2) is 14.0 Å². The highest BCUT2D eigenvalue weighted by Crippen LogP contribution is 2.23. The van der Waals surface area contributed by atoms with E-state index in [2.05, 4.69) is 4.98 Å². The first-order valence-electron chi connectivity index (χ1n) is 9.81. The summed E-state index contributed by atoms with van der Waals surface area (Å²) in [5, 5.41) is 0.102. The molecular weight excluding hydrogens is 405 g/mol. The van der Waals surface area contributed by atoms with Crippen LogP contribution < -0.4 is 11.2 Å². The predicted octanol–water partition coefficient (Wildman–Crippen LogP) is 2.09. The summed E-state index contributed by atoms with van der Waals surface area (Å²) in [5.74, 6) is -1.48. The van der Waals surface area contributed by atoms with Gasteiger partial charge < -0.3 is 14.6 Å². The first-order valence-corrected chi connectivity index (χ1v) is 9.81. The van der Waals surface area contributed by atoms with Crippen molar-refractivity contribution < 1.29 is 18.7 Å². The molecule has 1 saturated heterocycles. The molecule has 1 amide bonds. The Hall–Kier alpha value is -3.75. The molecule has 9 heteroatoms. The molecule has 0 atom stereocenters. The fourth-order valence-corrected chi connectivity index (χ4v) is 3.99. The summed E-state index contributed by atoms with van der Waals surface area (Å²) in [5.41, 5.74) is -0.422. The van der Waals surface area contributed by atoms with Crippen LogP contribution in [-0.4, -0.2) is 46.5 Å². The number of benzene rings is 2. The van der Waals surface area contributed by atoms with Crippen molar-refractivity contribution in [3.63, 3.8) is 0 Å². The number of ether oxygens (including phenoxy) is 1. The molecule has 1 fully saturated rings. The van der Waals surface area contributed by atoms with Gasteiger partial charge in [0.25, 0.3) is 11.5 Å². The van der Waals surface area contributed by atoms with E-state index in [9.17, 15) is 23.6 Å². The highest BCUT2D eigenvalue weighted by Gasteiger charge is 2.28. The average molecular weight is 425 g/mol. The van der Waals surface area contributed by atoms with Gasteiger partial charge >= 0.3 is 11.7 Å². The molecule has 1 aliphatic rings. The maximum atomic E-state index is 13.6. The van der Waals surface area contributed by atoms with Gasteiger partial charge in [-0.05, 0) is 43.2 Å². The minimum absolute atomic E-state index is 0.102. The third-order valence-corrected chi connectivity index (χ3v) is 5.57. The first-order chi connectivity index (χ1) is 14.9. The maximum Gasteiger partial charge on any atom is 0.338 e. The zero-order chi connectivity index (χ0) is 22.1. The van der Waals surface area contributed by atoms with Crippen molar-refractivity contribution in [2.75, 3.05) is 20.2 Å². The topological polar surface area (TPSA) is 101 Å². The third-order valence-electron chi connectivity index (χ3n) is 5.57. The second kappa shape index (κ2) is 8.17. The molecule has 2 heterocycles. The van der Waals surface area contributed by atoms with Crippen LogP contribution in [0.4, 0.5) is 4.39 Å². The fraction of sp³-hybridized carbons (Fsp3) is 0.273. The number of halogens is 1. The summed E-state index contributed by atoms with van der Waals surface area (Å²) >= 11 is 0. The number of carbonyl (C=O) groups is 2. The SMILES string of the molecule is COC(=O)c1ccccc1C(=O)N1CCC(n2c(=O)[nH]c3ccc(F)cc3c2=O)CC1. The van der Waals surface area contributed by atoms with E-state index in [4.69, 9.17) is 4.74 Å². The van der Waals surface area contributed by atoms with Crippen LogP contribution in [0.5, 0.6) is 0 Å².